The van der Waals surface area contributed by atoms with Crippen LogP contribution in [-0.4, -0.2) is 23.0 Å². The minimum absolute atomic E-state index is 0. The van der Waals surface area contributed by atoms with Crippen molar-refractivity contribution in [3.8, 4) is 17.2 Å². The first-order chi connectivity index (χ1) is 15.5. The SMILES string of the molecule is COc1cc2ncnc(Nc3ccc(OCc4ccccc4)c(Cl)c3)c2cc1OC(C)=O.Cl. The molecule has 0 aliphatic carbocycles. The highest BCUT2D eigenvalue weighted by atomic mass is 35.5. The van der Waals surface area contributed by atoms with Gasteiger partial charge < -0.3 is 19.5 Å². The second-order valence-electron chi connectivity index (χ2n) is 6.88. The predicted molar refractivity (Wildman–Crippen MR) is 130 cm³/mol. The van der Waals surface area contributed by atoms with Gasteiger partial charge in [-0.3, -0.25) is 4.79 Å². The number of rotatable bonds is 7. The molecule has 1 N–H and O–H groups in total. The number of hydrogen-bond acceptors (Lipinski definition) is 7. The number of nitrogens with one attached hydrogen (secondary N) is 1. The molecule has 0 bridgehead atoms. The molecule has 0 unspecified atom stereocenters. The number of methoxy groups -OCH3 is 1. The van der Waals surface area contributed by atoms with Crippen molar-refractivity contribution >= 4 is 52.4 Å². The highest BCUT2D eigenvalue weighted by Crippen LogP contribution is 2.36. The van der Waals surface area contributed by atoms with Crippen molar-refractivity contribution < 1.29 is 19.0 Å². The van der Waals surface area contributed by atoms with Crippen LogP contribution in [0.15, 0.2) is 67.0 Å². The third kappa shape index (κ3) is 5.83. The number of esters is 1. The predicted octanol–water partition coefficient (Wildman–Crippen LogP) is 5.96. The Balaban J connectivity index is 0.00000306. The van der Waals surface area contributed by atoms with E-state index in [1.807, 2.05) is 36.4 Å². The third-order valence-electron chi connectivity index (χ3n) is 4.61. The molecule has 1 heterocycles. The summed E-state index contributed by atoms with van der Waals surface area (Å²) >= 11 is 6.43. The maximum atomic E-state index is 11.5. The van der Waals surface area contributed by atoms with E-state index < -0.39 is 5.97 Å². The normalized spacial score (nSPS) is 10.3. The summed E-state index contributed by atoms with van der Waals surface area (Å²) in [6, 6.07) is 18.6. The van der Waals surface area contributed by atoms with Gasteiger partial charge in [-0.25, -0.2) is 9.97 Å². The summed E-state index contributed by atoms with van der Waals surface area (Å²) < 4.78 is 16.4. The molecule has 4 rings (SSSR count). The van der Waals surface area contributed by atoms with E-state index in [9.17, 15) is 4.79 Å². The lowest BCUT2D eigenvalue weighted by atomic mass is 10.2. The number of carbonyl (C=O) groups excluding carboxylic acids is 1. The Kier molecular flexibility index (Phi) is 7.92. The molecule has 4 aromatic rings. The highest BCUT2D eigenvalue weighted by molar-refractivity contribution is 6.32. The van der Waals surface area contributed by atoms with Gasteiger partial charge in [0.2, 0.25) is 0 Å². The Hall–Kier alpha value is -3.55. The van der Waals surface area contributed by atoms with Crippen LogP contribution >= 0.6 is 24.0 Å². The number of fused-ring (bicyclic) bond motifs is 1. The number of nitrogens with zero attached hydrogens (tertiary/aromatic N) is 2. The zero-order valence-electron chi connectivity index (χ0n) is 17.9. The van der Waals surface area contributed by atoms with Gasteiger partial charge in [-0.2, -0.15) is 0 Å². The van der Waals surface area contributed by atoms with Gasteiger partial charge in [0.25, 0.3) is 0 Å². The number of aromatic nitrogens is 2. The summed E-state index contributed by atoms with van der Waals surface area (Å²) in [5.41, 5.74) is 2.40. The summed E-state index contributed by atoms with van der Waals surface area (Å²) in [6.07, 6.45) is 1.44. The average molecular weight is 486 g/mol. The molecule has 9 heteroatoms. The average Bonchev–Trinajstić information content (AvgIpc) is 2.79. The van der Waals surface area contributed by atoms with Gasteiger partial charge in [0.05, 0.1) is 17.6 Å². The van der Waals surface area contributed by atoms with Gasteiger partial charge in [-0.1, -0.05) is 41.9 Å². The first-order valence-corrected chi connectivity index (χ1v) is 10.2. The number of anilines is 2. The molecule has 0 fully saturated rings. The van der Waals surface area contributed by atoms with Gasteiger partial charge in [-0.05, 0) is 29.8 Å². The van der Waals surface area contributed by atoms with Crippen LogP contribution in [-0.2, 0) is 11.4 Å². The van der Waals surface area contributed by atoms with Crippen molar-refractivity contribution in [3.05, 3.63) is 77.6 Å². The molecule has 0 amide bonds. The van der Waals surface area contributed by atoms with Gasteiger partial charge in [0, 0.05) is 24.1 Å². The molecule has 33 heavy (non-hydrogen) atoms. The monoisotopic (exact) mass is 485 g/mol. The molecule has 0 spiro atoms. The molecule has 0 saturated carbocycles. The lowest BCUT2D eigenvalue weighted by Gasteiger charge is -2.13. The highest BCUT2D eigenvalue weighted by Gasteiger charge is 2.14. The van der Waals surface area contributed by atoms with E-state index in [4.69, 9.17) is 25.8 Å². The molecular formula is C24H21Cl2N3O4. The maximum Gasteiger partial charge on any atom is 0.308 e. The zero-order chi connectivity index (χ0) is 22.5. The first kappa shape index (κ1) is 24.1. The fraction of sp³-hybridized carbons (Fsp3) is 0.125. The second kappa shape index (κ2) is 10.8. The lowest BCUT2D eigenvalue weighted by Crippen LogP contribution is -2.04. The van der Waals surface area contributed by atoms with Crippen molar-refractivity contribution in [2.24, 2.45) is 0 Å². The zero-order valence-corrected chi connectivity index (χ0v) is 19.4. The van der Waals surface area contributed by atoms with Gasteiger partial charge in [0.15, 0.2) is 11.5 Å². The fourth-order valence-corrected chi connectivity index (χ4v) is 3.36. The van der Waals surface area contributed by atoms with E-state index in [0.717, 1.165) is 5.56 Å². The maximum absolute atomic E-state index is 11.5. The molecule has 0 aliphatic rings. The van der Waals surface area contributed by atoms with E-state index in [-0.39, 0.29) is 18.2 Å². The van der Waals surface area contributed by atoms with E-state index in [1.165, 1.54) is 20.4 Å². The summed E-state index contributed by atoms with van der Waals surface area (Å²) in [4.78, 5) is 20.1. The summed E-state index contributed by atoms with van der Waals surface area (Å²) in [5, 5.41) is 4.36. The molecule has 0 saturated heterocycles. The molecule has 170 valence electrons. The van der Waals surface area contributed by atoms with E-state index in [2.05, 4.69) is 15.3 Å². The Morgan fingerprint density at radius 2 is 1.79 bits per heavy atom. The molecule has 0 radical (unpaired) electrons. The van der Waals surface area contributed by atoms with E-state index >= 15 is 0 Å². The summed E-state index contributed by atoms with van der Waals surface area (Å²) in [5.74, 6) is 1.34. The minimum atomic E-state index is -0.452. The van der Waals surface area contributed by atoms with Crippen molar-refractivity contribution in [2.45, 2.75) is 13.5 Å². The van der Waals surface area contributed by atoms with Crippen LogP contribution in [0.3, 0.4) is 0 Å². The molecule has 7 nitrogen and oxygen atoms in total. The molecule has 0 atom stereocenters. The number of carbonyl (C=O) groups is 1. The minimum Gasteiger partial charge on any atom is -0.493 e. The molecule has 3 aromatic carbocycles. The standard InChI is InChI=1S/C24H20ClN3O4.ClH/c1-15(29)32-23-11-18-20(12-22(23)30-2)26-14-27-24(18)28-17-8-9-21(19(25)10-17)31-13-16-6-4-3-5-7-16;/h3-12,14H,13H2,1-2H3,(H,26,27,28);1H. The van der Waals surface area contributed by atoms with Crippen LogP contribution in [0.2, 0.25) is 5.02 Å². The Bertz CT molecular complexity index is 1270. The summed E-state index contributed by atoms with van der Waals surface area (Å²) in [6.45, 7) is 1.75. The molecule has 1 aromatic heterocycles. The Morgan fingerprint density at radius 3 is 2.48 bits per heavy atom. The Morgan fingerprint density at radius 1 is 1.00 bits per heavy atom. The van der Waals surface area contributed by atoms with E-state index in [1.54, 1.807) is 24.3 Å². The van der Waals surface area contributed by atoms with Crippen LogP contribution in [0, 0.1) is 0 Å². The molecular weight excluding hydrogens is 465 g/mol. The fourth-order valence-electron chi connectivity index (χ4n) is 3.13. The van der Waals surface area contributed by atoms with Crippen LogP contribution in [0.25, 0.3) is 10.9 Å². The van der Waals surface area contributed by atoms with Gasteiger partial charge in [0.1, 0.15) is 24.5 Å². The van der Waals surface area contributed by atoms with Crippen LogP contribution < -0.4 is 19.5 Å². The first-order valence-electron chi connectivity index (χ1n) is 9.78. The van der Waals surface area contributed by atoms with Crippen LogP contribution in [0.1, 0.15) is 12.5 Å². The van der Waals surface area contributed by atoms with Gasteiger partial charge >= 0.3 is 5.97 Å². The number of halogens is 2. The smallest absolute Gasteiger partial charge is 0.308 e. The van der Waals surface area contributed by atoms with E-state index in [0.29, 0.717) is 45.5 Å². The molecule has 0 aliphatic heterocycles. The third-order valence-corrected chi connectivity index (χ3v) is 4.90. The van der Waals surface area contributed by atoms with Crippen LogP contribution in [0.4, 0.5) is 11.5 Å². The van der Waals surface area contributed by atoms with Crippen molar-refractivity contribution in [1.82, 2.24) is 9.97 Å². The second-order valence-corrected chi connectivity index (χ2v) is 7.29. The van der Waals surface area contributed by atoms with Crippen molar-refractivity contribution in [2.75, 3.05) is 12.4 Å². The van der Waals surface area contributed by atoms with Crippen molar-refractivity contribution in [1.29, 1.82) is 0 Å². The quantitative estimate of drug-likeness (QED) is 0.255. The van der Waals surface area contributed by atoms with Crippen molar-refractivity contribution in [3.63, 3.8) is 0 Å². The largest absolute Gasteiger partial charge is 0.493 e. The lowest BCUT2D eigenvalue weighted by molar-refractivity contribution is -0.132. The topological polar surface area (TPSA) is 82.6 Å². The number of ether oxygens (including phenoxy) is 3. The van der Waals surface area contributed by atoms with Gasteiger partial charge in [-0.15, -0.1) is 12.4 Å². The number of benzene rings is 3. The Labute approximate surface area is 202 Å². The number of hydrogen-bond donors (Lipinski definition) is 1. The summed E-state index contributed by atoms with van der Waals surface area (Å²) in [7, 11) is 1.50. The van der Waals surface area contributed by atoms with Crippen LogP contribution in [0.5, 0.6) is 17.2 Å².